The monoisotopic (exact) mass is 471 g/mol. The van der Waals surface area contributed by atoms with E-state index >= 15 is 0 Å². The molecular formula is C24H21N7O4. The molecule has 1 aromatic heterocycles. The molecule has 11 heteroatoms. The van der Waals surface area contributed by atoms with E-state index in [1.807, 2.05) is 24.3 Å². The van der Waals surface area contributed by atoms with Gasteiger partial charge in [-0.2, -0.15) is 0 Å². The Morgan fingerprint density at radius 3 is 2.63 bits per heavy atom. The van der Waals surface area contributed by atoms with Crippen LogP contribution in [0, 0.1) is 0 Å². The molecule has 1 atom stereocenters. The van der Waals surface area contributed by atoms with Gasteiger partial charge in [-0.15, -0.1) is 0 Å². The van der Waals surface area contributed by atoms with Gasteiger partial charge in [-0.25, -0.2) is 4.98 Å². The number of amides is 4. The molecule has 2 aliphatic rings. The highest BCUT2D eigenvalue weighted by molar-refractivity contribution is 6.23. The van der Waals surface area contributed by atoms with E-state index in [0.29, 0.717) is 17.0 Å². The normalized spacial score (nSPS) is 18.0. The van der Waals surface area contributed by atoms with Gasteiger partial charge in [0.2, 0.25) is 11.8 Å². The molecule has 176 valence electrons. The van der Waals surface area contributed by atoms with E-state index in [9.17, 15) is 19.2 Å². The largest absolute Gasteiger partial charge is 0.326 e. The molecule has 2 aliphatic heterocycles. The Kier molecular flexibility index (Phi) is 5.67. The molecular weight excluding hydrogens is 450 g/mol. The van der Waals surface area contributed by atoms with Crippen LogP contribution in [0.15, 0.2) is 54.9 Å². The minimum Gasteiger partial charge on any atom is -0.326 e. The van der Waals surface area contributed by atoms with Crippen LogP contribution in [-0.2, 0) is 9.59 Å². The Bertz CT molecular complexity index is 1420. The van der Waals surface area contributed by atoms with E-state index in [1.54, 1.807) is 18.5 Å². The topological polar surface area (TPSA) is 159 Å². The number of anilines is 1. The van der Waals surface area contributed by atoms with Gasteiger partial charge in [0.05, 0.1) is 39.7 Å². The minimum atomic E-state index is -1.01. The van der Waals surface area contributed by atoms with Gasteiger partial charge < -0.3 is 16.6 Å². The first-order valence-electron chi connectivity index (χ1n) is 10.9. The molecule has 0 aliphatic carbocycles. The second kappa shape index (κ2) is 8.95. The first kappa shape index (κ1) is 22.2. The molecule has 1 saturated heterocycles. The zero-order valence-electron chi connectivity index (χ0n) is 18.4. The predicted octanol–water partition coefficient (Wildman–Crippen LogP) is 0.947. The van der Waals surface area contributed by atoms with Crippen LogP contribution < -0.4 is 21.9 Å². The molecule has 1 unspecified atom stereocenters. The fourth-order valence-electron chi connectivity index (χ4n) is 4.10. The number of piperidine rings is 1. The highest BCUT2D eigenvalue weighted by atomic mass is 16.2. The molecule has 11 nitrogen and oxygen atoms in total. The average Bonchev–Trinajstić information content (AvgIpc) is 3.11. The third kappa shape index (κ3) is 4.08. The van der Waals surface area contributed by atoms with Crippen molar-refractivity contribution in [2.24, 2.45) is 5.73 Å². The molecule has 0 bridgehead atoms. The smallest absolute Gasteiger partial charge is 0.262 e. The maximum atomic E-state index is 13.0. The summed E-state index contributed by atoms with van der Waals surface area (Å²) in [6, 6.07) is 11.2. The van der Waals surface area contributed by atoms with Crippen LogP contribution in [-0.4, -0.2) is 51.1 Å². The molecule has 1 fully saturated rings. The van der Waals surface area contributed by atoms with Crippen LogP contribution in [0.25, 0.3) is 16.6 Å². The number of hydrogen-bond acceptors (Lipinski definition) is 9. The van der Waals surface area contributed by atoms with Gasteiger partial charge in [-0.05, 0) is 36.8 Å². The van der Waals surface area contributed by atoms with Gasteiger partial charge >= 0.3 is 0 Å². The number of aromatic nitrogens is 2. The van der Waals surface area contributed by atoms with Crippen LogP contribution in [0.5, 0.6) is 0 Å². The number of hydrogen-bond donors (Lipinski definition) is 4. The number of fused-ring (bicyclic) bond motifs is 2. The lowest BCUT2D eigenvalue weighted by atomic mass is 10.0. The number of para-hydroxylation sites is 2. The van der Waals surface area contributed by atoms with Crippen LogP contribution in [0.2, 0.25) is 0 Å². The number of benzene rings is 2. The van der Waals surface area contributed by atoms with Crippen LogP contribution in [0.3, 0.4) is 0 Å². The molecule has 4 amide bonds. The molecule has 5 rings (SSSR count). The van der Waals surface area contributed by atoms with Crippen molar-refractivity contribution in [3.63, 3.8) is 0 Å². The minimum absolute atomic E-state index is 0.0674. The van der Waals surface area contributed by atoms with Crippen LogP contribution in [0.1, 0.15) is 39.3 Å². The SMILES string of the molecule is NC/C(=C\NNc1ccc2c(c1)C(=O)N(C1CCC(=O)NC1=O)C2=O)c1cnc2ccccc2n1. The zero-order chi connectivity index (χ0) is 24.5. The van der Waals surface area contributed by atoms with E-state index in [1.165, 1.54) is 12.1 Å². The lowest BCUT2D eigenvalue weighted by Crippen LogP contribution is -2.54. The molecule has 0 spiro atoms. The first-order chi connectivity index (χ1) is 17.0. The molecule has 3 aromatic rings. The number of nitrogens with zero attached hydrogens (tertiary/aromatic N) is 3. The van der Waals surface area contributed by atoms with E-state index in [0.717, 1.165) is 15.9 Å². The van der Waals surface area contributed by atoms with E-state index in [2.05, 4.69) is 26.1 Å². The molecule has 2 aromatic carbocycles. The van der Waals surface area contributed by atoms with Crippen molar-refractivity contribution in [2.75, 3.05) is 12.0 Å². The van der Waals surface area contributed by atoms with E-state index in [-0.39, 0.29) is 30.5 Å². The van der Waals surface area contributed by atoms with Gasteiger partial charge in [-0.3, -0.25) is 34.4 Å². The fraction of sp³-hybridized carbons (Fsp3) is 0.167. The Balaban J connectivity index is 1.31. The fourth-order valence-corrected chi connectivity index (χ4v) is 4.10. The molecule has 0 saturated carbocycles. The number of carbonyl (C=O) groups is 4. The Labute approximate surface area is 199 Å². The summed E-state index contributed by atoms with van der Waals surface area (Å²) in [5.41, 5.74) is 15.5. The van der Waals surface area contributed by atoms with Gasteiger partial charge in [-0.1, -0.05) is 12.1 Å². The van der Waals surface area contributed by atoms with Crippen molar-refractivity contribution in [2.45, 2.75) is 18.9 Å². The highest BCUT2D eigenvalue weighted by Gasteiger charge is 2.44. The maximum Gasteiger partial charge on any atom is 0.262 e. The Hall–Kier alpha value is -4.64. The van der Waals surface area contributed by atoms with E-state index in [4.69, 9.17) is 5.73 Å². The maximum absolute atomic E-state index is 13.0. The zero-order valence-corrected chi connectivity index (χ0v) is 18.4. The quantitative estimate of drug-likeness (QED) is 0.303. The van der Waals surface area contributed by atoms with Gasteiger partial charge in [0.1, 0.15) is 6.04 Å². The number of rotatable bonds is 6. The molecule has 3 heterocycles. The third-order valence-electron chi connectivity index (χ3n) is 5.90. The second-order valence-corrected chi connectivity index (χ2v) is 8.09. The van der Waals surface area contributed by atoms with Gasteiger partial charge in [0.25, 0.3) is 11.8 Å². The van der Waals surface area contributed by atoms with Crippen LogP contribution >= 0.6 is 0 Å². The summed E-state index contributed by atoms with van der Waals surface area (Å²) < 4.78 is 0. The average molecular weight is 471 g/mol. The number of nitrogens with one attached hydrogen (secondary N) is 3. The Morgan fingerprint density at radius 1 is 1.09 bits per heavy atom. The van der Waals surface area contributed by atoms with Crippen molar-refractivity contribution in [3.05, 3.63) is 71.7 Å². The number of hydrazine groups is 1. The molecule has 0 radical (unpaired) electrons. The molecule has 5 N–H and O–H groups in total. The van der Waals surface area contributed by atoms with Crippen molar-refractivity contribution in [1.82, 2.24) is 25.6 Å². The summed E-state index contributed by atoms with van der Waals surface area (Å²) in [7, 11) is 0. The van der Waals surface area contributed by atoms with E-state index < -0.39 is 29.7 Å². The van der Waals surface area contributed by atoms with Crippen molar-refractivity contribution < 1.29 is 19.2 Å². The lowest BCUT2D eigenvalue weighted by Gasteiger charge is -2.27. The second-order valence-electron chi connectivity index (χ2n) is 8.09. The molecule has 35 heavy (non-hydrogen) atoms. The summed E-state index contributed by atoms with van der Waals surface area (Å²) in [6.45, 7) is 0.208. The first-order valence-corrected chi connectivity index (χ1v) is 10.9. The Morgan fingerprint density at radius 2 is 1.86 bits per heavy atom. The number of nitrogens with two attached hydrogens (primary N) is 1. The standard InChI is InChI=1S/C24H21N7O4/c25-10-13(19-12-26-17-3-1-2-4-18(17)28-19)11-27-30-14-5-6-15-16(9-14)24(35)31(23(15)34)20-7-8-21(32)29-22(20)33/h1-6,9,11-12,20,27,30H,7-8,10,25H2,(H,29,32,33)/b13-11+. The summed E-state index contributed by atoms with van der Waals surface area (Å²) in [5, 5.41) is 2.18. The number of carbonyl (C=O) groups excluding carboxylic acids is 4. The van der Waals surface area contributed by atoms with Crippen molar-refractivity contribution >= 4 is 45.9 Å². The highest BCUT2D eigenvalue weighted by Crippen LogP contribution is 2.29. The predicted molar refractivity (Wildman–Crippen MR) is 126 cm³/mol. The van der Waals surface area contributed by atoms with Gasteiger partial charge in [0.15, 0.2) is 0 Å². The summed E-state index contributed by atoms with van der Waals surface area (Å²) >= 11 is 0. The lowest BCUT2D eigenvalue weighted by molar-refractivity contribution is -0.136. The summed E-state index contributed by atoms with van der Waals surface area (Å²) in [5.74, 6) is -2.20. The van der Waals surface area contributed by atoms with Crippen LogP contribution in [0.4, 0.5) is 5.69 Å². The summed E-state index contributed by atoms with van der Waals surface area (Å²) in [4.78, 5) is 59.3. The van der Waals surface area contributed by atoms with Crippen molar-refractivity contribution in [1.29, 1.82) is 0 Å². The third-order valence-corrected chi connectivity index (χ3v) is 5.90. The van der Waals surface area contributed by atoms with Crippen molar-refractivity contribution in [3.8, 4) is 0 Å². The number of imide groups is 2. The summed E-state index contributed by atoms with van der Waals surface area (Å²) in [6.07, 6.45) is 3.46. The van der Waals surface area contributed by atoms with Gasteiger partial charge in [0, 0.05) is 24.7 Å².